The Balaban J connectivity index is 1.96. The van der Waals surface area contributed by atoms with Crippen molar-refractivity contribution in [3.63, 3.8) is 0 Å². The number of rotatable bonds is 8. The molecule has 0 fully saturated rings. The summed E-state index contributed by atoms with van der Waals surface area (Å²) in [7, 11) is 0. The van der Waals surface area contributed by atoms with Gasteiger partial charge in [0, 0.05) is 11.8 Å². The van der Waals surface area contributed by atoms with Crippen molar-refractivity contribution in [3.8, 4) is 23.0 Å². The van der Waals surface area contributed by atoms with Crippen LogP contribution in [0.2, 0.25) is 0 Å². The molecule has 0 atom stereocenters. The van der Waals surface area contributed by atoms with Crippen LogP contribution in [0.5, 0.6) is 23.0 Å². The fourth-order valence-corrected chi connectivity index (χ4v) is 7.55. The molecule has 288 valence electrons. The highest BCUT2D eigenvalue weighted by atomic mass is 16.3. The molecule has 0 amide bonds. The van der Waals surface area contributed by atoms with Gasteiger partial charge in [-0.15, -0.1) is 0 Å². The van der Waals surface area contributed by atoms with Crippen molar-refractivity contribution in [1.82, 2.24) is 0 Å². The zero-order chi connectivity index (χ0) is 40.2. The lowest BCUT2D eigenvalue weighted by Gasteiger charge is -2.30. The third-order valence-electron chi connectivity index (χ3n) is 11.6. The highest BCUT2D eigenvalue weighted by Crippen LogP contribution is 2.46. The van der Waals surface area contributed by atoms with Gasteiger partial charge in [0.2, 0.25) is 0 Å². The second kappa shape index (κ2) is 14.7. The summed E-state index contributed by atoms with van der Waals surface area (Å²) < 4.78 is 0. The van der Waals surface area contributed by atoms with Gasteiger partial charge in [0.1, 0.15) is 23.0 Å². The molecule has 0 aromatic heterocycles. The summed E-state index contributed by atoms with van der Waals surface area (Å²) in [5.41, 5.74) is 11.3. The van der Waals surface area contributed by atoms with Crippen LogP contribution in [0.15, 0.2) is 48.5 Å². The lowest BCUT2D eigenvalue weighted by molar-refractivity contribution is 0.459. The quantitative estimate of drug-likeness (QED) is 0.146. The van der Waals surface area contributed by atoms with Gasteiger partial charge in [-0.05, 0) is 153 Å². The molecule has 0 heterocycles. The fourth-order valence-electron chi connectivity index (χ4n) is 7.55. The molecule has 4 nitrogen and oxygen atoms in total. The average molecular weight is 721 g/mol. The second-order valence-corrected chi connectivity index (χ2v) is 19.9. The van der Waals surface area contributed by atoms with Gasteiger partial charge >= 0.3 is 0 Å². The Kier molecular flexibility index (Phi) is 11.6. The standard InChI is InChI=1S/C49H68O4/c1-28-38(20-32(24-42(28)50)46(5,6)7)36(39-21-33(47(8,9)10)25-43(51)29(39)2)18-17-19-37(40-22-34(48(11,12)13)26-44(52)30(40)3)41-23-35(49(14,15)16)27-45(53)31(41)4/h20-27,36-37,50-53H,17-19H2,1-16H3. The maximum Gasteiger partial charge on any atom is 0.119 e. The second-order valence-electron chi connectivity index (χ2n) is 19.9. The van der Waals surface area contributed by atoms with Crippen LogP contribution < -0.4 is 0 Å². The molecule has 0 bridgehead atoms. The summed E-state index contributed by atoms with van der Waals surface area (Å²) in [5.74, 6) is 0.975. The number of benzene rings is 4. The molecule has 4 N–H and O–H groups in total. The third kappa shape index (κ3) is 9.07. The van der Waals surface area contributed by atoms with E-state index in [1.54, 1.807) is 0 Å². The Morgan fingerprint density at radius 1 is 0.358 bits per heavy atom. The Morgan fingerprint density at radius 3 is 0.717 bits per heavy atom. The summed E-state index contributed by atoms with van der Waals surface area (Å²) >= 11 is 0. The van der Waals surface area contributed by atoms with Gasteiger partial charge in [-0.2, -0.15) is 0 Å². The summed E-state index contributed by atoms with van der Waals surface area (Å²) in [4.78, 5) is 0. The molecule has 53 heavy (non-hydrogen) atoms. The summed E-state index contributed by atoms with van der Waals surface area (Å²) in [6.07, 6.45) is 2.35. The first-order valence-corrected chi connectivity index (χ1v) is 19.5. The molecule has 4 heteroatoms. The molecule has 0 aliphatic carbocycles. The number of phenolic OH excluding ortho intramolecular Hbond substituents is 4. The Hall–Kier alpha value is -3.92. The van der Waals surface area contributed by atoms with E-state index in [0.717, 1.165) is 86.0 Å². The van der Waals surface area contributed by atoms with E-state index in [1.807, 2.05) is 52.0 Å². The molecule has 0 radical (unpaired) electrons. The average Bonchev–Trinajstić information content (AvgIpc) is 3.01. The first-order chi connectivity index (χ1) is 24.1. The number of aromatic hydroxyl groups is 4. The Labute approximate surface area is 321 Å². The molecule has 4 aromatic carbocycles. The van der Waals surface area contributed by atoms with Crippen LogP contribution in [-0.2, 0) is 21.7 Å². The van der Waals surface area contributed by atoms with E-state index in [-0.39, 0.29) is 33.5 Å². The number of hydrogen-bond acceptors (Lipinski definition) is 4. The van der Waals surface area contributed by atoms with Crippen molar-refractivity contribution < 1.29 is 20.4 Å². The molecule has 0 spiro atoms. The van der Waals surface area contributed by atoms with E-state index in [0.29, 0.717) is 23.0 Å². The maximum absolute atomic E-state index is 11.4. The van der Waals surface area contributed by atoms with Crippen molar-refractivity contribution in [2.75, 3.05) is 0 Å². The van der Waals surface area contributed by atoms with Gasteiger partial charge in [-0.1, -0.05) is 114 Å². The van der Waals surface area contributed by atoms with Gasteiger partial charge in [-0.25, -0.2) is 0 Å². The topological polar surface area (TPSA) is 80.9 Å². The van der Waals surface area contributed by atoms with E-state index in [4.69, 9.17) is 0 Å². The van der Waals surface area contributed by atoms with Crippen molar-refractivity contribution in [2.45, 2.75) is 164 Å². The van der Waals surface area contributed by atoms with Gasteiger partial charge in [0.25, 0.3) is 0 Å². The van der Waals surface area contributed by atoms with Gasteiger partial charge in [0.15, 0.2) is 0 Å². The molecular weight excluding hydrogens is 653 g/mol. The molecule has 0 unspecified atom stereocenters. The summed E-state index contributed by atoms with van der Waals surface area (Å²) in [6, 6.07) is 16.7. The SMILES string of the molecule is Cc1c(O)cc(C(C)(C)C)cc1C(CCCC(c1cc(C(C)(C)C)cc(O)c1C)c1cc(C(C)(C)C)cc(O)c1C)c1cc(C(C)(C)C)cc(O)c1C. The molecule has 0 saturated carbocycles. The summed E-state index contributed by atoms with van der Waals surface area (Å²) in [6.45, 7) is 34.1. The first kappa shape index (κ1) is 41.8. The van der Waals surface area contributed by atoms with Crippen molar-refractivity contribution in [2.24, 2.45) is 0 Å². The van der Waals surface area contributed by atoms with Gasteiger partial charge in [-0.3, -0.25) is 0 Å². The van der Waals surface area contributed by atoms with Crippen LogP contribution in [-0.4, -0.2) is 20.4 Å². The molecule has 4 aromatic rings. The van der Waals surface area contributed by atoms with Crippen LogP contribution in [0.3, 0.4) is 0 Å². The maximum atomic E-state index is 11.4. The van der Waals surface area contributed by atoms with Gasteiger partial charge < -0.3 is 20.4 Å². The molecule has 0 aliphatic rings. The minimum Gasteiger partial charge on any atom is -0.508 e. The normalized spacial score (nSPS) is 13.0. The highest BCUT2D eigenvalue weighted by molar-refractivity contribution is 5.55. The predicted octanol–water partition coefficient (Wildman–Crippen LogP) is 13.1. The van der Waals surface area contributed by atoms with E-state index in [2.05, 4.69) is 107 Å². The molecule has 0 saturated heterocycles. The largest absolute Gasteiger partial charge is 0.508 e. The monoisotopic (exact) mass is 721 g/mol. The van der Waals surface area contributed by atoms with Crippen LogP contribution in [0, 0.1) is 27.7 Å². The minimum absolute atomic E-state index is 0.0946. The smallest absolute Gasteiger partial charge is 0.119 e. The summed E-state index contributed by atoms with van der Waals surface area (Å²) in [5, 5.41) is 45.4. The zero-order valence-electron chi connectivity index (χ0n) is 35.7. The molecular formula is C49H68O4. The Bertz CT molecular complexity index is 1690. The minimum atomic E-state index is -0.171. The van der Waals surface area contributed by atoms with E-state index >= 15 is 0 Å². The van der Waals surface area contributed by atoms with Crippen LogP contribution in [0.1, 0.15) is 181 Å². The lowest BCUT2D eigenvalue weighted by atomic mass is 9.74. The third-order valence-corrected chi connectivity index (χ3v) is 11.6. The fraction of sp³-hybridized carbons (Fsp3) is 0.510. The Morgan fingerprint density at radius 2 is 0.547 bits per heavy atom. The highest BCUT2D eigenvalue weighted by Gasteiger charge is 2.30. The van der Waals surface area contributed by atoms with Gasteiger partial charge in [0.05, 0.1) is 0 Å². The van der Waals surface area contributed by atoms with Crippen molar-refractivity contribution >= 4 is 0 Å². The van der Waals surface area contributed by atoms with E-state index in [9.17, 15) is 20.4 Å². The number of hydrogen-bond donors (Lipinski definition) is 4. The van der Waals surface area contributed by atoms with Crippen molar-refractivity contribution in [1.29, 1.82) is 0 Å². The van der Waals surface area contributed by atoms with Crippen molar-refractivity contribution in [3.05, 3.63) is 115 Å². The predicted molar refractivity (Wildman–Crippen MR) is 224 cm³/mol. The first-order valence-electron chi connectivity index (χ1n) is 19.5. The molecule has 4 rings (SSSR count). The number of phenols is 4. The lowest BCUT2D eigenvalue weighted by Crippen LogP contribution is -2.17. The zero-order valence-corrected chi connectivity index (χ0v) is 35.7. The molecule has 0 aliphatic heterocycles. The van der Waals surface area contributed by atoms with E-state index < -0.39 is 0 Å². The van der Waals surface area contributed by atoms with Crippen LogP contribution >= 0.6 is 0 Å². The van der Waals surface area contributed by atoms with E-state index in [1.165, 1.54) is 0 Å². The van der Waals surface area contributed by atoms with Crippen LogP contribution in [0.4, 0.5) is 0 Å². The van der Waals surface area contributed by atoms with Crippen LogP contribution in [0.25, 0.3) is 0 Å².